The maximum Gasteiger partial charge on any atom is 0.410 e. The largest absolute Gasteiger partial charge is 0.444 e. The Morgan fingerprint density at radius 2 is 2.20 bits per heavy atom. The first-order valence-corrected chi connectivity index (χ1v) is 6.60. The summed E-state index contributed by atoms with van der Waals surface area (Å²) in [5.41, 5.74) is 0.375. The molecular weight excluding hydrogens is 258 g/mol. The van der Waals surface area contributed by atoms with E-state index in [9.17, 15) is 4.79 Å². The number of hydrogen-bond donors (Lipinski definition) is 1. The van der Waals surface area contributed by atoms with Gasteiger partial charge in [0.1, 0.15) is 11.4 Å². The molecule has 1 amide bonds. The number of amides is 1. The van der Waals surface area contributed by atoms with Crippen LogP contribution in [0.15, 0.2) is 17.4 Å². The highest BCUT2D eigenvalue weighted by molar-refractivity contribution is 5.98. The van der Waals surface area contributed by atoms with Crippen LogP contribution in [0.25, 0.3) is 0 Å². The van der Waals surface area contributed by atoms with Crippen LogP contribution < -0.4 is 5.32 Å². The summed E-state index contributed by atoms with van der Waals surface area (Å²) in [5, 5.41) is 7.25. The fourth-order valence-corrected chi connectivity index (χ4v) is 1.83. The quantitative estimate of drug-likeness (QED) is 0.845. The second-order valence-corrected chi connectivity index (χ2v) is 5.76. The zero-order valence-corrected chi connectivity index (χ0v) is 12.4. The Labute approximate surface area is 118 Å². The van der Waals surface area contributed by atoms with E-state index in [2.05, 4.69) is 15.4 Å². The zero-order valence-electron chi connectivity index (χ0n) is 12.4. The van der Waals surface area contributed by atoms with E-state index in [1.165, 1.54) is 0 Å². The van der Waals surface area contributed by atoms with E-state index < -0.39 is 5.60 Å². The summed E-state index contributed by atoms with van der Waals surface area (Å²) in [6.45, 7) is 7.14. The van der Waals surface area contributed by atoms with Crippen molar-refractivity contribution in [3.05, 3.63) is 12.4 Å². The molecule has 0 aromatic carbocycles. The van der Waals surface area contributed by atoms with Crippen LogP contribution in [0.1, 0.15) is 20.8 Å². The highest BCUT2D eigenvalue weighted by Gasteiger charge is 2.25. The van der Waals surface area contributed by atoms with E-state index in [1.807, 2.05) is 34.0 Å². The predicted octanol–water partition coefficient (Wildman–Crippen LogP) is 1.48. The van der Waals surface area contributed by atoms with Crippen molar-refractivity contribution in [3.63, 3.8) is 0 Å². The molecular formula is C13H21N5O2. The second kappa shape index (κ2) is 5.52. The van der Waals surface area contributed by atoms with Crippen LogP contribution in [0, 0.1) is 0 Å². The van der Waals surface area contributed by atoms with E-state index in [1.54, 1.807) is 15.8 Å². The van der Waals surface area contributed by atoms with E-state index in [0.29, 0.717) is 19.6 Å². The number of aryl methyl sites for hydroxylation is 1. The lowest BCUT2D eigenvalue weighted by Gasteiger charge is -2.29. The van der Waals surface area contributed by atoms with Gasteiger partial charge in [-0.1, -0.05) is 0 Å². The molecule has 1 aromatic rings. The third-order valence-electron chi connectivity index (χ3n) is 2.66. The monoisotopic (exact) mass is 279 g/mol. The minimum atomic E-state index is -0.484. The Hall–Kier alpha value is -2.05. The van der Waals surface area contributed by atoms with Crippen LogP contribution >= 0.6 is 0 Å². The number of amidine groups is 1. The molecule has 7 heteroatoms. The van der Waals surface area contributed by atoms with E-state index in [-0.39, 0.29) is 6.09 Å². The number of nitrogens with one attached hydrogen (secondary N) is 1. The third-order valence-corrected chi connectivity index (χ3v) is 2.66. The lowest BCUT2D eigenvalue weighted by molar-refractivity contribution is 0.0278. The van der Waals surface area contributed by atoms with Gasteiger partial charge in [-0.05, 0) is 20.8 Å². The molecule has 7 nitrogen and oxygen atoms in total. The maximum absolute atomic E-state index is 12.0. The van der Waals surface area contributed by atoms with Gasteiger partial charge < -0.3 is 10.1 Å². The van der Waals surface area contributed by atoms with Crippen molar-refractivity contribution in [1.29, 1.82) is 0 Å². The SMILES string of the molecule is Cn1cc(NC2=NCCN(C(=O)OC(C)(C)C)C2)cn1. The average Bonchev–Trinajstić information content (AvgIpc) is 2.73. The lowest BCUT2D eigenvalue weighted by Crippen LogP contribution is -2.45. The number of anilines is 1. The van der Waals surface area contributed by atoms with Gasteiger partial charge in [-0.2, -0.15) is 5.10 Å². The number of hydrogen-bond acceptors (Lipinski definition) is 5. The molecule has 0 unspecified atom stereocenters. The van der Waals surface area contributed by atoms with Crippen molar-refractivity contribution in [3.8, 4) is 0 Å². The lowest BCUT2D eigenvalue weighted by atomic mass is 10.2. The molecule has 0 saturated heterocycles. The van der Waals surface area contributed by atoms with Gasteiger partial charge >= 0.3 is 6.09 Å². The van der Waals surface area contributed by atoms with E-state index in [0.717, 1.165) is 11.5 Å². The molecule has 110 valence electrons. The van der Waals surface area contributed by atoms with E-state index in [4.69, 9.17) is 4.74 Å². The maximum atomic E-state index is 12.0. The number of aromatic nitrogens is 2. The fourth-order valence-electron chi connectivity index (χ4n) is 1.83. The molecule has 1 aliphatic heterocycles. The molecule has 1 aliphatic rings. The Bertz CT molecular complexity index is 515. The van der Waals surface area contributed by atoms with Crippen LogP contribution in [0.5, 0.6) is 0 Å². The number of aliphatic imine (C=N–C) groups is 1. The highest BCUT2D eigenvalue weighted by Crippen LogP contribution is 2.12. The summed E-state index contributed by atoms with van der Waals surface area (Å²) in [4.78, 5) is 18.1. The van der Waals surface area contributed by atoms with Crippen LogP contribution in [-0.2, 0) is 11.8 Å². The zero-order chi connectivity index (χ0) is 14.8. The summed E-state index contributed by atoms with van der Waals surface area (Å²) in [5.74, 6) is 0.745. The smallest absolute Gasteiger partial charge is 0.410 e. The van der Waals surface area contributed by atoms with Crippen molar-refractivity contribution in [2.24, 2.45) is 12.0 Å². The van der Waals surface area contributed by atoms with Crippen molar-refractivity contribution < 1.29 is 9.53 Å². The highest BCUT2D eigenvalue weighted by atomic mass is 16.6. The number of nitrogens with zero attached hydrogens (tertiary/aromatic N) is 4. The van der Waals surface area contributed by atoms with Gasteiger partial charge in [0.2, 0.25) is 0 Å². The number of ether oxygens (including phenoxy) is 1. The van der Waals surface area contributed by atoms with Crippen LogP contribution in [-0.4, -0.2) is 51.8 Å². The van der Waals surface area contributed by atoms with Gasteiger partial charge in [0.25, 0.3) is 0 Å². The number of carbonyl (C=O) groups excluding carboxylic acids is 1. The van der Waals surface area contributed by atoms with Gasteiger partial charge in [-0.25, -0.2) is 4.79 Å². The number of carbonyl (C=O) groups is 1. The van der Waals surface area contributed by atoms with Crippen molar-refractivity contribution in [1.82, 2.24) is 14.7 Å². The van der Waals surface area contributed by atoms with Gasteiger partial charge in [0.05, 0.1) is 25.0 Å². The topological polar surface area (TPSA) is 71.8 Å². The van der Waals surface area contributed by atoms with E-state index >= 15 is 0 Å². The molecule has 2 heterocycles. The first-order chi connectivity index (χ1) is 9.33. The Kier molecular flexibility index (Phi) is 3.96. The summed E-state index contributed by atoms with van der Waals surface area (Å²) in [7, 11) is 1.85. The van der Waals surface area contributed by atoms with Crippen LogP contribution in [0.4, 0.5) is 10.5 Å². The molecule has 0 atom stereocenters. The van der Waals surface area contributed by atoms with Gasteiger partial charge in [-0.3, -0.25) is 14.6 Å². The number of rotatable bonds is 1. The normalized spacial score (nSPS) is 15.8. The molecule has 20 heavy (non-hydrogen) atoms. The summed E-state index contributed by atoms with van der Waals surface area (Å²) >= 11 is 0. The Balaban J connectivity index is 1.94. The van der Waals surface area contributed by atoms with Gasteiger partial charge in [-0.15, -0.1) is 0 Å². The molecule has 2 rings (SSSR count). The second-order valence-electron chi connectivity index (χ2n) is 5.76. The summed E-state index contributed by atoms with van der Waals surface area (Å²) in [6.07, 6.45) is 3.27. The molecule has 1 N–H and O–H groups in total. The summed E-state index contributed by atoms with van der Waals surface area (Å²) < 4.78 is 7.07. The molecule has 1 aromatic heterocycles. The molecule has 0 spiro atoms. The van der Waals surface area contributed by atoms with Crippen LogP contribution in [0.2, 0.25) is 0 Å². The molecule has 0 saturated carbocycles. The Morgan fingerprint density at radius 3 is 2.80 bits per heavy atom. The van der Waals surface area contributed by atoms with Crippen molar-refractivity contribution in [2.75, 3.05) is 25.0 Å². The third kappa shape index (κ3) is 3.97. The first-order valence-electron chi connectivity index (χ1n) is 6.60. The average molecular weight is 279 g/mol. The molecule has 0 fully saturated rings. The van der Waals surface area contributed by atoms with Crippen molar-refractivity contribution >= 4 is 17.6 Å². The van der Waals surface area contributed by atoms with Gasteiger partial charge in [0.15, 0.2) is 0 Å². The van der Waals surface area contributed by atoms with Gasteiger partial charge in [0, 0.05) is 19.8 Å². The molecule has 0 aliphatic carbocycles. The predicted molar refractivity (Wildman–Crippen MR) is 76.9 cm³/mol. The van der Waals surface area contributed by atoms with Crippen molar-refractivity contribution in [2.45, 2.75) is 26.4 Å². The molecule has 0 radical (unpaired) electrons. The van der Waals surface area contributed by atoms with Crippen LogP contribution in [0.3, 0.4) is 0 Å². The summed E-state index contributed by atoms with van der Waals surface area (Å²) in [6, 6.07) is 0. The minimum Gasteiger partial charge on any atom is -0.444 e. The Morgan fingerprint density at radius 1 is 1.45 bits per heavy atom. The standard InChI is InChI=1S/C13H21N5O2/c1-13(2,3)20-12(19)18-6-5-14-11(9-18)16-10-7-15-17(4)8-10/h7-8H,5-6,9H2,1-4H3,(H,14,16). The first kappa shape index (κ1) is 14.4. The minimum absolute atomic E-state index is 0.308. The fraction of sp³-hybridized carbons (Fsp3) is 0.615. The molecule has 0 bridgehead atoms.